The first kappa shape index (κ1) is 53.2. The number of amides is 4. The van der Waals surface area contributed by atoms with Gasteiger partial charge in [0.05, 0.1) is 65.3 Å². The van der Waals surface area contributed by atoms with Gasteiger partial charge in [-0.15, -0.1) is 0 Å². The molecule has 3 aliphatic heterocycles. The minimum Gasteiger partial charge on any atom is -0.445 e. The van der Waals surface area contributed by atoms with Crippen molar-refractivity contribution < 1.29 is 41.8 Å². The maximum atomic E-state index is 13.9. The molecule has 0 radical (unpaired) electrons. The molecule has 2 aromatic heterocycles. The van der Waals surface area contributed by atoms with Crippen LogP contribution in [0.25, 0.3) is 5.65 Å². The van der Waals surface area contributed by atoms with Gasteiger partial charge in [-0.1, -0.05) is 72.3 Å². The predicted octanol–water partition coefficient (Wildman–Crippen LogP) is 7.36. The maximum Gasteiger partial charge on any atom is 0.410 e. The lowest BCUT2D eigenvalue weighted by Gasteiger charge is -2.35. The Hall–Kier alpha value is -7.62. The monoisotopic (exact) mass is 1040 g/mol. The van der Waals surface area contributed by atoms with E-state index in [2.05, 4.69) is 27.5 Å². The van der Waals surface area contributed by atoms with E-state index in [4.69, 9.17) is 35.9 Å². The van der Waals surface area contributed by atoms with Crippen LogP contribution in [0.4, 0.5) is 25.9 Å². The molecule has 3 aliphatic rings. The first-order valence-corrected chi connectivity index (χ1v) is 26.0. The molecule has 3 N–H and O–H groups in total. The number of hydrogen-bond donors (Lipinski definition) is 3. The summed E-state index contributed by atoms with van der Waals surface area (Å²) >= 11 is 6.23. The van der Waals surface area contributed by atoms with Gasteiger partial charge >= 0.3 is 18.3 Å². The van der Waals surface area contributed by atoms with Crippen molar-refractivity contribution in [2.24, 2.45) is 11.8 Å². The second-order valence-corrected chi connectivity index (χ2v) is 21.3. The molecule has 0 bridgehead atoms. The number of benzene rings is 3. The van der Waals surface area contributed by atoms with Gasteiger partial charge in [0.25, 0.3) is 5.91 Å². The van der Waals surface area contributed by atoms with Gasteiger partial charge in [0.2, 0.25) is 10.0 Å². The van der Waals surface area contributed by atoms with E-state index in [-0.39, 0.29) is 49.5 Å². The molecule has 5 aromatic rings. The van der Waals surface area contributed by atoms with Crippen LogP contribution in [0.15, 0.2) is 91.1 Å². The quantitative estimate of drug-likeness (QED) is 0.109. The molecular weight excluding hydrogens is 978 g/mol. The fraction of sp³-hybridized carbons (Fsp3) is 0.412. The van der Waals surface area contributed by atoms with Gasteiger partial charge in [-0.05, 0) is 76.3 Å². The molecule has 3 aromatic carbocycles. The van der Waals surface area contributed by atoms with Crippen molar-refractivity contribution in [2.45, 2.75) is 83.9 Å². The number of nitrogens with zero attached hydrogens (tertiary/aromatic N) is 8. The number of nitriles is 2. The molecule has 4 amide bonds. The van der Waals surface area contributed by atoms with E-state index < -0.39 is 57.8 Å². The third-order valence-electron chi connectivity index (χ3n) is 12.2. The number of likely N-dealkylation sites (tertiary alicyclic amines) is 2. The molecule has 73 heavy (non-hydrogen) atoms. The van der Waals surface area contributed by atoms with Gasteiger partial charge in [-0.3, -0.25) is 9.52 Å². The smallest absolute Gasteiger partial charge is 0.410 e. The van der Waals surface area contributed by atoms with Crippen molar-refractivity contribution in [1.82, 2.24) is 35.0 Å². The number of fused-ring (bicyclic) bond motifs is 1. The Kier molecular flexibility index (Phi) is 17.0. The molecule has 22 heteroatoms. The summed E-state index contributed by atoms with van der Waals surface area (Å²) in [7, 11) is -3.64. The van der Waals surface area contributed by atoms with Crippen molar-refractivity contribution in [3.05, 3.63) is 124 Å². The summed E-state index contributed by atoms with van der Waals surface area (Å²) in [5.41, 5.74) is 3.50. The average Bonchev–Trinajstić information content (AvgIpc) is 4.09. The van der Waals surface area contributed by atoms with Crippen molar-refractivity contribution in [2.75, 3.05) is 48.6 Å². The molecule has 384 valence electrons. The molecule has 5 heterocycles. The highest BCUT2D eigenvalue weighted by molar-refractivity contribution is 7.92. The summed E-state index contributed by atoms with van der Waals surface area (Å²) in [6, 6.07) is 28.1. The molecule has 5 atom stereocenters. The molecule has 3 saturated heterocycles. The fourth-order valence-electron chi connectivity index (χ4n) is 8.76. The number of nitrogens with one attached hydrogen (secondary N) is 3. The molecule has 4 unspecified atom stereocenters. The summed E-state index contributed by atoms with van der Waals surface area (Å²) in [5.74, 6) is -0.654. The summed E-state index contributed by atoms with van der Waals surface area (Å²) in [5, 5.41) is 29.8. The number of rotatable bonds is 11. The van der Waals surface area contributed by atoms with Crippen molar-refractivity contribution in [1.29, 1.82) is 10.5 Å². The molecular formula is C51H58ClN11O9S. The van der Waals surface area contributed by atoms with Crippen LogP contribution in [0.2, 0.25) is 5.02 Å². The summed E-state index contributed by atoms with van der Waals surface area (Å²) in [6.07, 6.45) is 3.54. The van der Waals surface area contributed by atoms with E-state index in [0.29, 0.717) is 48.2 Å². The number of hydrogen-bond acceptors (Lipinski definition) is 14. The van der Waals surface area contributed by atoms with Crippen LogP contribution in [0, 0.1) is 41.4 Å². The Labute approximate surface area is 429 Å². The highest BCUT2D eigenvalue weighted by Gasteiger charge is 2.39. The van der Waals surface area contributed by atoms with Gasteiger partial charge in [0, 0.05) is 55.6 Å². The number of sulfonamides is 1. The maximum absolute atomic E-state index is 13.9. The third kappa shape index (κ3) is 14.3. The molecule has 20 nitrogen and oxygen atoms in total. The van der Waals surface area contributed by atoms with Crippen LogP contribution in [-0.4, -0.2) is 114 Å². The standard InChI is InChI=1S/C33H35ClN8O5S.C18H23N3O4/c1-21-17-42-30(37-31(21)40-18-23(16-35)28(19-40)36-33(44)47-20-22-8-4-3-5-9-22)15-27(38-42)29-10-6-7-13-41(29)32(43)25-14-24(34)11-12-26(25)39-48(2,45)46;1-18(2,3)25-17(23)21-10-14(9-19)15(11-21)20-16(22)24-12-13-7-5-4-6-8-13/h3-5,8-9,11-12,14-15,17,23,28-29,39H,6-7,10,13,18-20H2,1-2H3,(H,36,44);4-8,14-15H,10-12H2,1-3H3,(H,20,22)/t23?,28?,29-;/m0./s1. The van der Waals surface area contributed by atoms with Crippen LogP contribution >= 0.6 is 11.6 Å². The summed E-state index contributed by atoms with van der Waals surface area (Å²) < 4.78 is 44.0. The van der Waals surface area contributed by atoms with Gasteiger partial charge in [0.15, 0.2) is 5.65 Å². The second kappa shape index (κ2) is 23.3. The Balaban J connectivity index is 0.000000263. The van der Waals surface area contributed by atoms with E-state index in [0.717, 1.165) is 35.8 Å². The molecule has 3 fully saturated rings. The number of ether oxygens (including phenoxy) is 3. The zero-order chi connectivity index (χ0) is 52.5. The van der Waals surface area contributed by atoms with Crippen LogP contribution in [0.3, 0.4) is 0 Å². The highest BCUT2D eigenvalue weighted by Crippen LogP contribution is 2.35. The Morgan fingerprint density at radius 1 is 0.822 bits per heavy atom. The number of aromatic nitrogens is 3. The molecule has 0 spiro atoms. The first-order chi connectivity index (χ1) is 34.8. The number of piperidine rings is 1. The fourth-order valence-corrected chi connectivity index (χ4v) is 9.51. The van der Waals surface area contributed by atoms with Gasteiger partial charge in [-0.25, -0.2) is 32.3 Å². The van der Waals surface area contributed by atoms with Crippen LogP contribution < -0.4 is 20.3 Å². The minimum absolute atomic E-state index is 0.128. The number of anilines is 2. The van der Waals surface area contributed by atoms with E-state index in [9.17, 15) is 38.1 Å². The lowest BCUT2D eigenvalue weighted by atomic mass is 9.98. The number of carbonyl (C=O) groups is 4. The zero-order valence-electron chi connectivity index (χ0n) is 41.2. The number of aryl methyl sites for hydroxylation is 1. The third-order valence-corrected chi connectivity index (χ3v) is 13.0. The van der Waals surface area contributed by atoms with Gasteiger partial charge < -0.3 is 39.5 Å². The molecule has 0 aliphatic carbocycles. The van der Waals surface area contributed by atoms with Crippen molar-refractivity contribution in [3.8, 4) is 12.1 Å². The number of alkyl carbamates (subject to hydrolysis) is 2. The number of halogens is 1. The molecule has 0 saturated carbocycles. The van der Waals surface area contributed by atoms with E-state index >= 15 is 0 Å². The largest absolute Gasteiger partial charge is 0.445 e. The van der Waals surface area contributed by atoms with Crippen LogP contribution in [0.1, 0.15) is 78.8 Å². The van der Waals surface area contributed by atoms with Gasteiger partial charge in [0.1, 0.15) is 24.6 Å². The summed E-state index contributed by atoms with van der Waals surface area (Å²) in [6.45, 7) is 9.16. The second-order valence-electron chi connectivity index (χ2n) is 19.1. The summed E-state index contributed by atoms with van der Waals surface area (Å²) in [4.78, 5) is 60.6. The Morgan fingerprint density at radius 2 is 1.42 bits per heavy atom. The normalized spacial score (nSPS) is 19.7. The van der Waals surface area contributed by atoms with E-state index in [1.165, 1.54) is 23.1 Å². The zero-order valence-corrected chi connectivity index (χ0v) is 42.7. The van der Waals surface area contributed by atoms with Crippen LogP contribution in [0.5, 0.6) is 0 Å². The predicted molar refractivity (Wildman–Crippen MR) is 271 cm³/mol. The minimum atomic E-state index is -3.64. The average molecular weight is 1040 g/mol. The van der Waals surface area contributed by atoms with E-state index in [1.807, 2.05) is 84.8 Å². The Bertz CT molecular complexity index is 3000. The SMILES string of the molecule is CC(C)(C)OC(=O)N1CC(C#N)C(NC(=O)OCc2ccccc2)C1.Cc1cn2nc([C@@H]3CCCCN3C(=O)c3cc(Cl)ccc3NS(C)(=O)=O)cc2nc1N1CC(C#N)C(NC(=O)OCc2ccccc2)C1. The lowest BCUT2D eigenvalue weighted by Crippen LogP contribution is -2.41. The number of carbonyl (C=O) groups excluding carboxylic acids is 4. The van der Waals surface area contributed by atoms with Gasteiger partial charge in [-0.2, -0.15) is 15.6 Å². The van der Waals surface area contributed by atoms with Crippen molar-refractivity contribution >= 4 is 63.0 Å². The Morgan fingerprint density at radius 3 is 2.01 bits per heavy atom. The van der Waals surface area contributed by atoms with Crippen LogP contribution in [-0.2, 0) is 37.4 Å². The topological polar surface area (TPSA) is 254 Å². The van der Waals surface area contributed by atoms with E-state index in [1.54, 1.807) is 30.2 Å². The first-order valence-electron chi connectivity index (χ1n) is 23.7. The highest BCUT2D eigenvalue weighted by atomic mass is 35.5. The lowest BCUT2D eigenvalue weighted by molar-refractivity contribution is 0.0287. The van der Waals surface area contributed by atoms with Crippen molar-refractivity contribution in [3.63, 3.8) is 0 Å². The molecule has 8 rings (SSSR count).